The minimum Gasteiger partial charge on any atom is -0.508 e. The van der Waals surface area contributed by atoms with Crippen LogP contribution >= 0.6 is 0 Å². The van der Waals surface area contributed by atoms with E-state index in [4.69, 9.17) is 14.2 Å². The van der Waals surface area contributed by atoms with Crippen molar-refractivity contribution < 1.29 is 44.5 Å². The van der Waals surface area contributed by atoms with E-state index in [9.17, 15) is 30.3 Å². The van der Waals surface area contributed by atoms with Gasteiger partial charge in [0, 0.05) is 5.56 Å². The van der Waals surface area contributed by atoms with Gasteiger partial charge in [-0.3, -0.25) is 0 Å². The van der Waals surface area contributed by atoms with Gasteiger partial charge in [-0.2, -0.15) is 0 Å². The highest BCUT2D eigenvalue weighted by Crippen LogP contribution is 2.30. The number of aliphatic hydroxyl groups is 4. The molecule has 1 fully saturated rings. The Kier molecular flexibility index (Phi) is 6.68. The highest BCUT2D eigenvalue weighted by Gasteiger charge is 2.47. The zero-order valence-electron chi connectivity index (χ0n) is 15.3. The number of phenols is 1. The Hall–Kier alpha value is -2.69. The first-order chi connectivity index (χ1) is 13.9. The van der Waals surface area contributed by atoms with Crippen LogP contribution in [-0.4, -0.2) is 68.8 Å². The van der Waals surface area contributed by atoms with Crippen molar-refractivity contribution in [3.63, 3.8) is 0 Å². The number of ether oxygens (including phenoxy) is 3. The second-order valence-corrected chi connectivity index (χ2v) is 6.51. The van der Waals surface area contributed by atoms with Crippen molar-refractivity contribution in [1.29, 1.82) is 0 Å². The Morgan fingerprint density at radius 2 is 1.76 bits per heavy atom. The Balaban J connectivity index is 1.75. The second kappa shape index (κ2) is 9.21. The SMILES string of the molecule is O=C(OC1C(CO)OC(Oc2ccc(O)cc2CO)C(O)C1O)c1ccccc1. The van der Waals surface area contributed by atoms with Crippen molar-refractivity contribution in [3.8, 4) is 11.5 Å². The molecular formula is C20H22O9. The number of esters is 1. The van der Waals surface area contributed by atoms with E-state index in [1.165, 1.54) is 30.3 Å². The third-order valence-corrected chi connectivity index (χ3v) is 4.53. The van der Waals surface area contributed by atoms with E-state index in [2.05, 4.69) is 0 Å². The smallest absolute Gasteiger partial charge is 0.338 e. The molecule has 2 aromatic rings. The Labute approximate surface area is 166 Å². The molecule has 2 aromatic carbocycles. The molecule has 0 spiro atoms. The van der Waals surface area contributed by atoms with Crippen LogP contribution in [0.25, 0.3) is 0 Å². The lowest BCUT2D eigenvalue weighted by Crippen LogP contribution is -2.61. The molecule has 0 aromatic heterocycles. The standard InChI is InChI=1S/C20H22O9/c21-9-12-8-13(23)6-7-14(12)27-20-17(25)16(24)18(15(10-22)28-20)29-19(26)11-4-2-1-3-5-11/h1-8,15-18,20-25H,9-10H2. The average molecular weight is 406 g/mol. The molecule has 3 rings (SSSR count). The number of rotatable bonds is 6. The molecule has 1 aliphatic rings. The van der Waals surface area contributed by atoms with E-state index < -0.39 is 49.9 Å². The van der Waals surface area contributed by atoms with Crippen LogP contribution in [0.15, 0.2) is 48.5 Å². The number of phenolic OH excluding ortho intramolecular Hbond substituents is 1. The molecule has 0 saturated carbocycles. The van der Waals surface area contributed by atoms with Gasteiger partial charge in [-0.15, -0.1) is 0 Å². The van der Waals surface area contributed by atoms with Gasteiger partial charge in [-0.05, 0) is 30.3 Å². The van der Waals surface area contributed by atoms with Crippen LogP contribution in [0.5, 0.6) is 11.5 Å². The summed E-state index contributed by atoms with van der Waals surface area (Å²) in [6.45, 7) is -1.06. The summed E-state index contributed by atoms with van der Waals surface area (Å²) < 4.78 is 16.3. The predicted molar refractivity (Wildman–Crippen MR) is 98.1 cm³/mol. The fourth-order valence-electron chi connectivity index (χ4n) is 2.99. The molecular weight excluding hydrogens is 384 g/mol. The van der Waals surface area contributed by atoms with Gasteiger partial charge in [-0.1, -0.05) is 18.2 Å². The molecule has 0 radical (unpaired) electrons. The number of hydrogen-bond donors (Lipinski definition) is 5. The van der Waals surface area contributed by atoms with Crippen LogP contribution in [0.1, 0.15) is 15.9 Å². The van der Waals surface area contributed by atoms with Crippen molar-refractivity contribution in [1.82, 2.24) is 0 Å². The summed E-state index contributed by atoms with van der Waals surface area (Å²) in [6.07, 6.45) is -7.14. The first-order valence-corrected chi connectivity index (χ1v) is 8.92. The maximum atomic E-state index is 12.3. The van der Waals surface area contributed by atoms with Crippen molar-refractivity contribution in [2.75, 3.05) is 6.61 Å². The summed E-state index contributed by atoms with van der Waals surface area (Å²) in [4.78, 5) is 12.3. The fraction of sp³-hybridized carbons (Fsp3) is 0.350. The van der Waals surface area contributed by atoms with Crippen LogP contribution in [0.2, 0.25) is 0 Å². The van der Waals surface area contributed by atoms with Crippen LogP contribution in [0.4, 0.5) is 0 Å². The first-order valence-electron chi connectivity index (χ1n) is 8.92. The van der Waals surface area contributed by atoms with Gasteiger partial charge in [0.2, 0.25) is 6.29 Å². The lowest BCUT2D eigenvalue weighted by atomic mass is 9.98. The highest BCUT2D eigenvalue weighted by molar-refractivity contribution is 5.89. The van der Waals surface area contributed by atoms with Gasteiger partial charge in [-0.25, -0.2) is 4.79 Å². The van der Waals surface area contributed by atoms with E-state index >= 15 is 0 Å². The van der Waals surface area contributed by atoms with Crippen molar-refractivity contribution in [3.05, 3.63) is 59.7 Å². The number of carbonyl (C=O) groups excluding carboxylic acids is 1. The number of aliphatic hydroxyl groups excluding tert-OH is 4. The van der Waals surface area contributed by atoms with E-state index in [1.54, 1.807) is 18.2 Å². The zero-order chi connectivity index (χ0) is 21.0. The van der Waals surface area contributed by atoms with Crippen molar-refractivity contribution in [2.45, 2.75) is 37.3 Å². The molecule has 5 unspecified atom stereocenters. The molecule has 29 heavy (non-hydrogen) atoms. The Morgan fingerprint density at radius 1 is 1.03 bits per heavy atom. The summed E-state index contributed by atoms with van der Waals surface area (Å²) in [5, 5.41) is 49.4. The number of carbonyl (C=O) groups is 1. The first kappa shape index (κ1) is 21.0. The van der Waals surface area contributed by atoms with Gasteiger partial charge in [0.25, 0.3) is 0 Å². The Bertz CT molecular complexity index is 824. The molecule has 0 amide bonds. The molecule has 5 N–H and O–H groups in total. The van der Waals surface area contributed by atoms with E-state index in [1.807, 2.05) is 0 Å². The summed E-state index contributed by atoms with van der Waals surface area (Å²) in [5.41, 5.74) is 0.467. The third kappa shape index (κ3) is 4.66. The molecule has 5 atom stereocenters. The van der Waals surface area contributed by atoms with E-state index in [0.29, 0.717) is 0 Å². The largest absolute Gasteiger partial charge is 0.508 e. The third-order valence-electron chi connectivity index (χ3n) is 4.53. The maximum absolute atomic E-state index is 12.3. The number of aromatic hydroxyl groups is 1. The Morgan fingerprint density at radius 3 is 2.41 bits per heavy atom. The summed E-state index contributed by atoms with van der Waals surface area (Å²) >= 11 is 0. The average Bonchev–Trinajstić information content (AvgIpc) is 2.74. The zero-order valence-corrected chi connectivity index (χ0v) is 15.3. The van der Waals surface area contributed by atoms with Crippen LogP contribution in [0, 0.1) is 0 Å². The molecule has 9 heteroatoms. The fourth-order valence-corrected chi connectivity index (χ4v) is 2.99. The highest BCUT2D eigenvalue weighted by atomic mass is 16.7. The van der Waals surface area contributed by atoms with E-state index in [0.717, 1.165) is 0 Å². The monoisotopic (exact) mass is 406 g/mol. The molecule has 1 heterocycles. The molecule has 0 bridgehead atoms. The minimum absolute atomic E-state index is 0.0901. The topological polar surface area (TPSA) is 146 Å². The molecule has 156 valence electrons. The number of benzene rings is 2. The quantitative estimate of drug-likeness (QED) is 0.416. The normalized spacial score (nSPS) is 26.7. The van der Waals surface area contributed by atoms with E-state index in [-0.39, 0.29) is 22.6 Å². The maximum Gasteiger partial charge on any atom is 0.338 e. The molecule has 9 nitrogen and oxygen atoms in total. The lowest BCUT2D eigenvalue weighted by molar-refractivity contribution is -0.277. The molecule has 1 aliphatic heterocycles. The molecule has 1 saturated heterocycles. The predicted octanol–water partition coefficient (Wildman–Crippen LogP) is -0.0721. The number of hydrogen-bond acceptors (Lipinski definition) is 9. The lowest BCUT2D eigenvalue weighted by Gasteiger charge is -2.41. The van der Waals surface area contributed by atoms with Crippen LogP contribution in [-0.2, 0) is 16.1 Å². The van der Waals surface area contributed by atoms with Gasteiger partial charge >= 0.3 is 5.97 Å². The summed E-state index contributed by atoms with van der Waals surface area (Å²) in [5.74, 6) is -0.727. The summed E-state index contributed by atoms with van der Waals surface area (Å²) in [6, 6.07) is 12.0. The minimum atomic E-state index is -1.62. The van der Waals surface area contributed by atoms with Gasteiger partial charge in [0.05, 0.1) is 18.8 Å². The van der Waals surface area contributed by atoms with Crippen LogP contribution in [0.3, 0.4) is 0 Å². The van der Waals surface area contributed by atoms with Crippen molar-refractivity contribution >= 4 is 5.97 Å². The molecule has 0 aliphatic carbocycles. The van der Waals surface area contributed by atoms with Crippen molar-refractivity contribution in [2.24, 2.45) is 0 Å². The van der Waals surface area contributed by atoms with Gasteiger partial charge in [0.15, 0.2) is 6.10 Å². The summed E-state index contributed by atoms with van der Waals surface area (Å²) in [7, 11) is 0. The van der Waals surface area contributed by atoms with Gasteiger partial charge < -0.3 is 39.7 Å². The second-order valence-electron chi connectivity index (χ2n) is 6.51. The van der Waals surface area contributed by atoms with Crippen LogP contribution < -0.4 is 4.74 Å². The van der Waals surface area contributed by atoms with Gasteiger partial charge in [0.1, 0.15) is 29.8 Å².